The van der Waals surface area contributed by atoms with Gasteiger partial charge in [0, 0.05) is 23.3 Å². The van der Waals surface area contributed by atoms with Gasteiger partial charge in [-0.15, -0.1) is 0 Å². The second kappa shape index (κ2) is 10.1. The number of nitro groups is 1. The predicted octanol–water partition coefficient (Wildman–Crippen LogP) is 3.68. The van der Waals surface area contributed by atoms with Crippen LogP contribution in [0.15, 0.2) is 71.3 Å². The summed E-state index contributed by atoms with van der Waals surface area (Å²) >= 11 is 0. The number of rotatable bonds is 8. The summed E-state index contributed by atoms with van der Waals surface area (Å²) in [4.78, 5) is 76.6. The second-order valence-electron chi connectivity index (χ2n) is 10.4. The van der Waals surface area contributed by atoms with E-state index in [9.17, 15) is 34.1 Å². The number of carbonyl (C=O) groups is 5. The number of non-ortho nitro benzene ring substituents is 1. The molecule has 4 atom stereocenters. The third kappa shape index (κ3) is 4.56. The molecule has 1 aliphatic heterocycles. The van der Waals surface area contributed by atoms with Crippen LogP contribution in [-0.2, 0) is 9.59 Å². The van der Waals surface area contributed by atoms with E-state index in [0.29, 0.717) is 0 Å². The SMILES string of the molecule is O=C(CN(C(=O)c1ccc([N+](=O)[O-])cc1)N1C(=O)[C@H]2[C@H]3CC[C@@H](C3)[C@@H]2C1=O)c1ccc(OC(=O)c2ccco2)cc1. The van der Waals surface area contributed by atoms with Crippen LogP contribution >= 0.6 is 0 Å². The Kier molecular flexibility index (Phi) is 6.45. The number of hydrogen-bond acceptors (Lipinski definition) is 9. The van der Waals surface area contributed by atoms with Crippen molar-refractivity contribution in [3.8, 4) is 5.75 Å². The van der Waals surface area contributed by atoms with Crippen molar-refractivity contribution in [3.05, 3.63) is 93.9 Å². The standard InChI is InChI=1S/C29H23N3O9/c33-22(16-7-11-21(12-8-16)41-29(37)23-2-1-13-40-23)15-30(26(34)17-5-9-20(10-6-17)32(38)39)31-27(35)24-18-3-4-19(14-18)25(24)28(31)36/h1-2,5-13,18-19,24-25H,3-4,14-15H2/t18-,19-,24-,25-/m0/s1. The molecule has 2 saturated carbocycles. The van der Waals surface area contributed by atoms with Crippen LogP contribution in [-0.4, -0.2) is 51.0 Å². The molecule has 6 rings (SSSR count). The minimum Gasteiger partial charge on any atom is -0.457 e. The maximum absolute atomic E-state index is 13.6. The molecule has 3 amide bonds. The van der Waals surface area contributed by atoms with Gasteiger partial charge in [0.2, 0.25) is 5.76 Å². The highest BCUT2D eigenvalue weighted by atomic mass is 16.6. The van der Waals surface area contributed by atoms with Gasteiger partial charge in [-0.05, 0) is 79.6 Å². The molecule has 0 unspecified atom stereocenters. The van der Waals surface area contributed by atoms with Gasteiger partial charge < -0.3 is 9.15 Å². The van der Waals surface area contributed by atoms with Crippen molar-refractivity contribution >= 4 is 35.2 Å². The summed E-state index contributed by atoms with van der Waals surface area (Å²) in [5, 5.41) is 12.7. The summed E-state index contributed by atoms with van der Waals surface area (Å²) in [6.07, 6.45) is 3.80. The molecule has 0 radical (unpaired) electrons. The minimum atomic E-state index is -0.814. The number of nitro benzene ring substituents is 1. The fourth-order valence-corrected chi connectivity index (χ4v) is 6.23. The van der Waals surface area contributed by atoms with Crippen LogP contribution in [0.1, 0.15) is 50.5 Å². The molecule has 2 aromatic carbocycles. The number of amides is 3. The van der Waals surface area contributed by atoms with Gasteiger partial charge in [0.25, 0.3) is 23.4 Å². The van der Waals surface area contributed by atoms with E-state index in [4.69, 9.17) is 9.15 Å². The average Bonchev–Trinajstić information content (AvgIpc) is 3.78. The van der Waals surface area contributed by atoms with Crippen LogP contribution in [0.3, 0.4) is 0 Å². The van der Waals surface area contributed by atoms with Crippen LogP contribution < -0.4 is 4.74 Å². The van der Waals surface area contributed by atoms with E-state index in [1.54, 1.807) is 0 Å². The van der Waals surface area contributed by atoms with Gasteiger partial charge in [-0.3, -0.25) is 29.3 Å². The average molecular weight is 558 g/mol. The van der Waals surface area contributed by atoms with Gasteiger partial charge in [0.1, 0.15) is 12.3 Å². The zero-order valence-electron chi connectivity index (χ0n) is 21.5. The Hall–Kier alpha value is -5.13. The monoisotopic (exact) mass is 557 g/mol. The highest BCUT2D eigenvalue weighted by Crippen LogP contribution is 2.56. The normalized spacial score (nSPS) is 22.5. The Labute approximate surface area is 232 Å². The lowest BCUT2D eigenvalue weighted by atomic mass is 9.81. The number of fused-ring (bicyclic) bond motifs is 5. The topological polar surface area (TPSA) is 157 Å². The Morgan fingerprint density at radius 1 is 0.927 bits per heavy atom. The number of imide groups is 1. The summed E-state index contributed by atoms with van der Waals surface area (Å²) in [5.41, 5.74) is -0.121. The molecule has 1 saturated heterocycles. The van der Waals surface area contributed by atoms with E-state index in [2.05, 4.69) is 0 Å². The summed E-state index contributed by atoms with van der Waals surface area (Å²) in [6, 6.07) is 13.3. The Morgan fingerprint density at radius 3 is 2.10 bits per heavy atom. The molecule has 208 valence electrons. The van der Waals surface area contributed by atoms with Crippen LogP contribution in [0, 0.1) is 33.8 Å². The molecule has 2 bridgehead atoms. The number of furan rings is 1. The van der Waals surface area contributed by atoms with Gasteiger partial charge in [-0.2, -0.15) is 5.01 Å². The molecule has 0 spiro atoms. The van der Waals surface area contributed by atoms with Crippen LogP contribution in [0.4, 0.5) is 5.69 Å². The van der Waals surface area contributed by atoms with Gasteiger partial charge >= 0.3 is 5.97 Å². The number of hydrazine groups is 1. The van der Waals surface area contributed by atoms with Crippen molar-refractivity contribution in [2.75, 3.05) is 6.54 Å². The number of Topliss-reactive ketones (excluding diaryl/α,β-unsaturated/α-hetero) is 1. The molecule has 2 heterocycles. The van der Waals surface area contributed by atoms with Crippen molar-refractivity contribution in [2.24, 2.45) is 23.7 Å². The van der Waals surface area contributed by atoms with Crippen molar-refractivity contribution in [2.45, 2.75) is 19.3 Å². The van der Waals surface area contributed by atoms with Crippen molar-refractivity contribution in [1.29, 1.82) is 0 Å². The highest BCUT2D eigenvalue weighted by molar-refractivity contribution is 6.10. The molecule has 0 N–H and O–H groups in total. The summed E-state index contributed by atoms with van der Waals surface area (Å²) in [6.45, 7) is -0.631. The van der Waals surface area contributed by atoms with Gasteiger partial charge in [-0.1, -0.05) is 0 Å². The second-order valence-corrected chi connectivity index (χ2v) is 10.4. The van der Waals surface area contributed by atoms with E-state index in [1.807, 2.05) is 0 Å². The number of ether oxygens (including phenoxy) is 1. The molecule has 1 aromatic heterocycles. The van der Waals surface area contributed by atoms with Gasteiger partial charge in [0.05, 0.1) is 23.0 Å². The molecule has 2 aliphatic carbocycles. The van der Waals surface area contributed by atoms with E-state index >= 15 is 0 Å². The maximum atomic E-state index is 13.6. The molecule has 3 aromatic rings. The quantitative estimate of drug-likeness (QED) is 0.101. The first kappa shape index (κ1) is 26.1. The number of esters is 1. The van der Waals surface area contributed by atoms with E-state index in [-0.39, 0.29) is 40.2 Å². The molecular formula is C29H23N3O9. The lowest BCUT2D eigenvalue weighted by Gasteiger charge is -2.30. The van der Waals surface area contributed by atoms with E-state index in [0.717, 1.165) is 41.4 Å². The molecule has 41 heavy (non-hydrogen) atoms. The zero-order chi connectivity index (χ0) is 28.8. The smallest absolute Gasteiger partial charge is 0.379 e. The lowest BCUT2D eigenvalue weighted by Crippen LogP contribution is -2.52. The summed E-state index contributed by atoms with van der Waals surface area (Å²) in [5.74, 6) is -3.89. The molecule has 3 fully saturated rings. The number of benzene rings is 2. The third-order valence-corrected chi connectivity index (χ3v) is 8.11. The van der Waals surface area contributed by atoms with Crippen LogP contribution in [0.5, 0.6) is 5.75 Å². The largest absolute Gasteiger partial charge is 0.457 e. The van der Waals surface area contributed by atoms with Crippen molar-refractivity contribution in [1.82, 2.24) is 10.0 Å². The third-order valence-electron chi connectivity index (χ3n) is 8.11. The van der Waals surface area contributed by atoms with Gasteiger partial charge in [-0.25, -0.2) is 9.80 Å². The number of hydrogen-bond donors (Lipinski definition) is 0. The zero-order valence-corrected chi connectivity index (χ0v) is 21.5. The number of nitrogens with zero attached hydrogens (tertiary/aromatic N) is 3. The molecule has 12 nitrogen and oxygen atoms in total. The fourth-order valence-electron chi connectivity index (χ4n) is 6.23. The van der Waals surface area contributed by atoms with Crippen LogP contribution in [0.2, 0.25) is 0 Å². The number of carbonyl (C=O) groups excluding carboxylic acids is 5. The first-order valence-corrected chi connectivity index (χ1v) is 13.1. The fraction of sp³-hybridized carbons (Fsp3) is 0.276. The molecule has 12 heteroatoms. The van der Waals surface area contributed by atoms with E-state index < -0.39 is 52.8 Å². The maximum Gasteiger partial charge on any atom is 0.379 e. The summed E-state index contributed by atoms with van der Waals surface area (Å²) in [7, 11) is 0. The Bertz CT molecular complexity index is 1540. The Balaban J connectivity index is 1.26. The van der Waals surface area contributed by atoms with Gasteiger partial charge in [0.15, 0.2) is 5.78 Å². The first-order valence-electron chi connectivity index (χ1n) is 13.1. The van der Waals surface area contributed by atoms with Crippen molar-refractivity contribution in [3.63, 3.8) is 0 Å². The molecular weight excluding hydrogens is 534 g/mol. The van der Waals surface area contributed by atoms with E-state index in [1.165, 1.54) is 54.8 Å². The Morgan fingerprint density at radius 2 is 1.54 bits per heavy atom. The van der Waals surface area contributed by atoms with Crippen molar-refractivity contribution < 1.29 is 38.1 Å². The first-order chi connectivity index (χ1) is 19.7. The predicted molar refractivity (Wildman–Crippen MR) is 138 cm³/mol. The highest BCUT2D eigenvalue weighted by Gasteiger charge is 2.62. The number of ketones is 1. The summed E-state index contributed by atoms with van der Waals surface area (Å²) < 4.78 is 10.2. The minimum absolute atomic E-state index is 0.00343. The molecule has 3 aliphatic rings. The van der Waals surface area contributed by atoms with Crippen LogP contribution in [0.25, 0.3) is 0 Å². The lowest BCUT2D eigenvalue weighted by molar-refractivity contribution is -0.384.